The second-order valence-corrected chi connectivity index (χ2v) is 5.34. The van der Waals surface area contributed by atoms with Crippen molar-refractivity contribution in [1.29, 1.82) is 0 Å². The first kappa shape index (κ1) is 15.5. The predicted octanol–water partition coefficient (Wildman–Crippen LogP) is 4.15. The normalized spacial score (nSPS) is 14.1. The average Bonchev–Trinajstić information content (AvgIpc) is 2.24. The predicted molar refractivity (Wildman–Crippen MR) is 65.7 cm³/mol. The van der Waals surface area contributed by atoms with Gasteiger partial charge < -0.3 is 4.74 Å². The molecule has 1 rings (SSSR count). The highest BCUT2D eigenvalue weighted by Gasteiger charge is 2.36. The van der Waals surface area contributed by atoms with Crippen LogP contribution in [-0.2, 0) is 15.7 Å². The van der Waals surface area contributed by atoms with Gasteiger partial charge in [-0.1, -0.05) is 18.2 Å². The van der Waals surface area contributed by atoms with Crippen LogP contribution in [0.25, 0.3) is 0 Å². The highest BCUT2D eigenvalue weighted by atomic mass is 19.4. The Morgan fingerprint density at radius 3 is 2.16 bits per heavy atom. The lowest BCUT2D eigenvalue weighted by molar-refractivity contribution is -0.156. The van der Waals surface area contributed by atoms with Crippen LogP contribution in [0, 0.1) is 0 Å². The molecule has 1 atom stereocenters. The summed E-state index contributed by atoms with van der Waals surface area (Å²) in [5.41, 5.74) is -1.59. The maximum Gasteiger partial charge on any atom is 0.416 e. The maximum atomic E-state index is 12.9. The number of ether oxygens (including phenoxy) is 1. The number of alkyl halides is 3. The molecule has 0 aliphatic heterocycles. The molecule has 0 heterocycles. The first-order chi connectivity index (χ1) is 8.52. The monoisotopic (exact) mass is 274 g/mol. The summed E-state index contributed by atoms with van der Waals surface area (Å²) in [5, 5.41) is 0. The molecule has 0 amide bonds. The number of carbonyl (C=O) groups is 1. The fourth-order valence-corrected chi connectivity index (χ4v) is 1.65. The number of hydrogen-bond acceptors (Lipinski definition) is 2. The molecule has 0 aliphatic rings. The molecule has 5 heteroatoms. The minimum Gasteiger partial charge on any atom is -0.460 e. The van der Waals surface area contributed by atoms with E-state index >= 15 is 0 Å². The first-order valence-electron chi connectivity index (χ1n) is 5.91. The Balaban J connectivity index is 3.07. The summed E-state index contributed by atoms with van der Waals surface area (Å²) in [6.45, 7) is 6.44. The molecule has 0 radical (unpaired) electrons. The van der Waals surface area contributed by atoms with Crippen molar-refractivity contribution in [3.05, 3.63) is 35.4 Å². The highest BCUT2D eigenvalue weighted by molar-refractivity contribution is 5.78. The SMILES string of the molecule is CC(C(=O)OC(C)(C)C)c1ccccc1C(F)(F)F. The van der Waals surface area contributed by atoms with Gasteiger partial charge >= 0.3 is 12.1 Å². The van der Waals surface area contributed by atoms with Crippen molar-refractivity contribution >= 4 is 5.97 Å². The van der Waals surface area contributed by atoms with E-state index in [1.54, 1.807) is 20.8 Å². The third-order valence-electron chi connectivity index (χ3n) is 2.49. The van der Waals surface area contributed by atoms with Crippen molar-refractivity contribution in [2.24, 2.45) is 0 Å². The third kappa shape index (κ3) is 4.26. The van der Waals surface area contributed by atoms with E-state index in [9.17, 15) is 18.0 Å². The average molecular weight is 274 g/mol. The van der Waals surface area contributed by atoms with E-state index in [-0.39, 0.29) is 5.56 Å². The van der Waals surface area contributed by atoms with Gasteiger partial charge in [-0.3, -0.25) is 4.79 Å². The molecule has 2 nitrogen and oxygen atoms in total. The van der Waals surface area contributed by atoms with E-state index in [4.69, 9.17) is 4.74 Å². The Morgan fingerprint density at radius 1 is 1.16 bits per heavy atom. The number of benzene rings is 1. The van der Waals surface area contributed by atoms with Gasteiger partial charge in [-0.2, -0.15) is 13.2 Å². The number of esters is 1. The summed E-state index contributed by atoms with van der Waals surface area (Å²) in [6, 6.07) is 5.05. The first-order valence-corrected chi connectivity index (χ1v) is 5.91. The van der Waals surface area contributed by atoms with Gasteiger partial charge in [0.05, 0.1) is 11.5 Å². The molecule has 1 unspecified atom stereocenters. The largest absolute Gasteiger partial charge is 0.460 e. The smallest absolute Gasteiger partial charge is 0.416 e. The zero-order chi connectivity index (χ0) is 14.8. The summed E-state index contributed by atoms with van der Waals surface area (Å²) < 4.78 is 43.7. The molecule has 0 aliphatic carbocycles. The zero-order valence-electron chi connectivity index (χ0n) is 11.3. The number of halogens is 3. The molecule has 0 spiro atoms. The molecule has 0 saturated heterocycles. The molecule has 0 saturated carbocycles. The summed E-state index contributed by atoms with van der Waals surface area (Å²) in [5.74, 6) is -1.62. The Bertz CT molecular complexity index is 458. The quantitative estimate of drug-likeness (QED) is 0.757. The number of hydrogen-bond donors (Lipinski definition) is 0. The van der Waals surface area contributed by atoms with Gasteiger partial charge in [-0.15, -0.1) is 0 Å². The van der Waals surface area contributed by atoms with Crippen molar-refractivity contribution < 1.29 is 22.7 Å². The standard InChI is InChI=1S/C14H17F3O2/c1-9(12(18)19-13(2,3)4)10-7-5-6-8-11(10)14(15,16)17/h5-9H,1-4H3. The molecule has 0 aromatic heterocycles. The second kappa shape index (κ2) is 5.23. The van der Waals surface area contributed by atoms with Crippen molar-refractivity contribution in [2.45, 2.75) is 45.4 Å². The zero-order valence-corrected chi connectivity index (χ0v) is 11.3. The van der Waals surface area contributed by atoms with Crippen LogP contribution in [0.4, 0.5) is 13.2 Å². The van der Waals surface area contributed by atoms with Crippen LogP contribution in [0.2, 0.25) is 0 Å². The maximum absolute atomic E-state index is 12.9. The molecule has 19 heavy (non-hydrogen) atoms. The lowest BCUT2D eigenvalue weighted by atomic mass is 9.95. The van der Waals surface area contributed by atoms with Crippen LogP contribution < -0.4 is 0 Å². The minimum atomic E-state index is -4.48. The highest BCUT2D eigenvalue weighted by Crippen LogP contribution is 2.35. The fourth-order valence-electron chi connectivity index (χ4n) is 1.65. The van der Waals surface area contributed by atoms with Crippen molar-refractivity contribution in [3.63, 3.8) is 0 Å². The van der Waals surface area contributed by atoms with Gasteiger partial charge in [0.25, 0.3) is 0 Å². The Kier molecular flexibility index (Phi) is 4.28. The van der Waals surface area contributed by atoms with Gasteiger partial charge in [-0.05, 0) is 39.3 Å². The topological polar surface area (TPSA) is 26.3 Å². The van der Waals surface area contributed by atoms with E-state index in [1.807, 2.05) is 0 Å². The fraction of sp³-hybridized carbons (Fsp3) is 0.500. The van der Waals surface area contributed by atoms with Crippen LogP contribution in [0.1, 0.15) is 44.7 Å². The van der Waals surface area contributed by atoms with E-state index in [1.165, 1.54) is 25.1 Å². The van der Waals surface area contributed by atoms with Gasteiger partial charge in [0.1, 0.15) is 5.60 Å². The second-order valence-electron chi connectivity index (χ2n) is 5.34. The van der Waals surface area contributed by atoms with Crippen molar-refractivity contribution in [3.8, 4) is 0 Å². The van der Waals surface area contributed by atoms with E-state index < -0.39 is 29.2 Å². The van der Waals surface area contributed by atoms with Gasteiger partial charge in [0, 0.05) is 0 Å². The van der Waals surface area contributed by atoms with Crippen LogP contribution >= 0.6 is 0 Å². The molecule has 106 valence electrons. The lowest BCUT2D eigenvalue weighted by Gasteiger charge is -2.23. The van der Waals surface area contributed by atoms with E-state index in [0.717, 1.165) is 6.07 Å². The van der Waals surface area contributed by atoms with E-state index in [0.29, 0.717) is 0 Å². The molecule has 0 N–H and O–H groups in total. The minimum absolute atomic E-state index is 0.0655. The van der Waals surface area contributed by atoms with E-state index in [2.05, 4.69) is 0 Å². The van der Waals surface area contributed by atoms with Crippen LogP contribution in [-0.4, -0.2) is 11.6 Å². The van der Waals surface area contributed by atoms with Crippen molar-refractivity contribution in [1.82, 2.24) is 0 Å². The molecular formula is C14H17F3O2. The summed E-state index contributed by atoms with van der Waals surface area (Å²) in [7, 11) is 0. The lowest BCUT2D eigenvalue weighted by Crippen LogP contribution is -2.27. The molecule has 1 aromatic carbocycles. The van der Waals surface area contributed by atoms with Gasteiger partial charge in [0.2, 0.25) is 0 Å². The van der Waals surface area contributed by atoms with Crippen LogP contribution in [0.3, 0.4) is 0 Å². The molecule has 0 bridgehead atoms. The Hall–Kier alpha value is -1.52. The van der Waals surface area contributed by atoms with Gasteiger partial charge in [-0.25, -0.2) is 0 Å². The third-order valence-corrected chi connectivity index (χ3v) is 2.49. The summed E-state index contributed by atoms with van der Waals surface area (Å²) in [4.78, 5) is 11.8. The number of rotatable bonds is 2. The van der Waals surface area contributed by atoms with Gasteiger partial charge in [0.15, 0.2) is 0 Å². The Labute approximate surface area is 110 Å². The number of carbonyl (C=O) groups excluding carboxylic acids is 1. The summed E-state index contributed by atoms with van der Waals surface area (Å²) >= 11 is 0. The van der Waals surface area contributed by atoms with Crippen molar-refractivity contribution in [2.75, 3.05) is 0 Å². The van der Waals surface area contributed by atoms with Crippen LogP contribution in [0.15, 0.2) is 24.3 Å². The Morgan fingerprint density at radius 2 is 1.68 bits per heavy atom. The summed E-state index contributed by atoms with van der Waals surface area (Å²) in [6.07, 6.45) is -4.48. The molecular weight excluding hydrogens is 257 g/mol. The van der Waals surface area contributed by atoms with Crippen LogP contribution in [0.5, 0.6) is 0 Å². The molecule has 1 aromatic rings. The molecule has 0 fully saturated rings.